The second kappa shape index (κ2) is 8.43. The fraction of sp³-hybridized carbons (Fsp3) is 0.190. The Hall–Kier alpha value is -2.23. The number of furan rings is 1. The fourth-order valence-corrected chi connectivity index (χ4v) is 3.20. The second-order valence-corrected chi connectivity index (χ2v) is 7.00. The molecule has 0 radical (unpaired) electrons. The van der Waals surface area contributed by atoms with E-state index in [2.05, 4.69) is 0 Å². The van der Waals surface area contributed by atoms with Crippen molar-refractivity contribution in [3.05, 3.63) is 93.4 Å². The van der Waals surface area contributed by atoms with Crippen molar-refractivity contribution in [1.29, 1.82) is 0 Å². The van der Waals surface area contributed by atoms with Gasteiger partial charge in [-0.15, -0.1) is 0 Å². The van der Waals surface area contributed by atoms with E-state index < -0.39 is 0 Å². The Labute approximate surface area is 163 Å². The highest BCUT2D eigenvalue weighted by Crippen LogP contribution is 2.22. The first-order valence-corrected chi connectivity index (χ1v) is 9.11. The number of halogens is 2. The molecular formula is C21H19Cl2NO2. The highest BCUT2D eigenvalue weighted by atomic mass is 35.5. The van der Waals surface area contributed by atoms with Gasteiger partial charge in [-0.3, -0.25) is 4.79 Å². The molecule has 2 aromatic carbocycles. The smallest absolute Gasteiger partial charge is 0.254 e. The van der Waals surface area contributed by atoms with Crippen molar-refractivity contribution in [2.75, 3.05) is 6.54 Å². The predicted octanol–water partition coefficient (Wildman–Crippen LogP) is 5.78. The molecule has 26 heavy (non-hydrogen) atoms. The molecule has 1 amide bonds. The van der Waals surface area contributed by atoms with Crippen LogP contribution in [0.4, 0.5) is 0 Å². The Balaban J connectivity index is 1.78. The molecule has 0 aliphatic carbocycles. The van der Waals surface area contributed by atoms with Crippen molar-refractivity contribution < 1.29 is 9.21 Å². The predicted molar refractivity (Wildman–Crippen MR) is 105 cm³/mol. The van der Waals surface area contributed by atoms with E-state index in [1.165, 1.54) is 0 Å². The third-order valence-corrected chi connectivity index (χ3v) is 4.77. The molecule has 0 aliphatic heterocycles. The summed E-state index contributed by atoms with van der Waals surface area (Å²) in [6, 6.07) is 16.7. The Morgan fingerprint density at radius 1 is 1.08 bits per heavy atom. The second-order valence-electron chi connectivity index (χ2n) is 6.16. The van der Waals surface area contributed by atoms with Crippen molar-refractivity contribution in [2.24, 2.45) is 0 Å². The minimum absolute atomic E-state index is 0.0357. The van der Waals surface area contributed by atoms with Crippen LogP contribution in [0.2, 0.25) is 10.0 Å². The molecule has 1 aromatic heterocycles. The van der Waals surface area contributed by atoms with Crippen LogP contribution in [-0.2, 0) is 13.0 Å². The van der Waals surface area contributed by atoms with Crippen LogP contribution < -0.4 is 0 Å². The average molecular weight is 388 g/mol. The van der Waals surface area contributed by atoms with Gasteiger partial charge in [0.15, 0.2) is 0 Å². The van der Waals surface area contributed by atoms with Gasteiger partial charge in [0.1, 0.15) is 5.76 Å². The maximum absolute atomic E-state index is 13.0. The lowest BCUT2D eigenvalue weighted by molar-refractivity contribution is 0.0733. The number of aryl methyl sites for hydroxylation is 1. The molecule has 0 bridgehead atoms. The zero-order chi connectivity index (χ0) is 18.5. The molecule has 0 unspecified atom stereocenters. The van der Waals surface area contributed by atoms with E-state index in [0.29, 0.717) is 35.1 Å². The Kier molecular flexibility index (Phi) is 6.02. The van der Waals surface area contributed by atoms with Gasteiger partial charge in [0, 0.05) is 22.2 Å². The van der Waals surface area contributed by atoms with Crippen LogP contribution in [-0.4, -0.2) is 17.4 Å². The number of hydrogen-bond donors (Lipinski definition) is 0. The molecule has 0 saturated heterocycles. The Morgan fingerprint density at radius 3 is 2.50 bits per heavy atom. The molecule has 5 heteroatoms. The monoisotopic (exact) mass is 387 g/mol. The van der Waals surface area contributed by atoms with Crippen LogP contribution in [0.5, 0.6) is 0 Å². The number of carbonyl (C=O) groups is 1. The van der Waals surface area contributed by atoms with Crippen LogP contribution in [0.25, 0.3) is 0 Å². The maximum atomic E-state index is 13.0. The first-order chi connectivity index (χ1) is 12.5. The number of carbonyl (C=O) groups excluding carboxylic acids is 1. The van der Waals surface area contributed by atoms with Gasteiger partial charge >= 0.3 is 0 Å². The van der Waals surface area contributed by atoms with Crippen molar-refractivity contribution in [2.45, 2.75) is 19.9 Å². The first kappa shape index (κ1) is 18.6. The van der Waals surface area contributed by atoms with Crippen LogP contribution in [0.3, 0.4) is 0 Å². The van der Waals surface area contributed by atoms with Gasteiger partial charge in [-0.25, -0.2) is 0 Å². The summed E-state index contributed by atoms with van der Waals surface area (Å²) in [6.07, 6.45) is 2.24. The van der Waals surface area contributed by atoms with E-state index in [4.69, 9.17) is 27.6 Å². The van der Waals surface area contributed by atoms with E-state index in [1.807, 2.05) is 49.4 Å². The number of rotatable bonds is 6. The minimum Gasteiger partial charge on any atom is -0.467 e. The zero-order valence-electron chi connectivity index (χ0n) is 14.4. The highest BCUT2D eigenvalue weighted by molar-refractivity contribution is 6.35. The van der Waals surface area contributed by atoms with Crippen molar-refractivity contribution in [3.63, 3.8) is 0 Å². The largest absolute Gasteiger partial charge is 0.467 e. The molecule has 0 spiro atoms. The van der Waals surface area contributed by atoms with Gasteiger partial charge in [-0.05, 0) is 55.3 Å². The van der Waals surface area contributed by atoms with Gasteiger partial charge < -0.3 is 9.32 Å². The number of nitrogens with zero attached hydrogens (tertiary/aromatic N) is 1. The van der Waals surface area contributed by atoms with Crippen molar-refractivity contribution in [1.82, 2.24) is 4.90 Å². The third-order valence-electron chi connectivity index (χ3n) is 4.18. The van der Waals surface area contributed by atoms with Crippen LogP contribution in [0.15, 0.2) is 65.3 Å². The summed E-state index contributed by atoms with van der Waals surface area (Å²) in [5, 5.41) is 1.21. The quantitative estimate of drug-likeness (QED) is 0.536. The normalized spacial score (nSPS) is 10.7. The summed E-state index contributed by atoms with van der Waals surface area (Å²) in [5.41, 5.74) is 2.73. The fourth-order valence-electron chi connectivity index (χ4n) is 2.70. The molecule has 3 rings (SSSR count). The molecule has 0 fully saturated rings. The highest BCUT2D eigenvalue weighted by Gasteiger charge is 2.18. The van der Waals surface area contributed by atoms with E-state index in [-0.39, 0.29) is 5.91 Å². The summed E-state index contributed by atoms with van der Waals surface area (Å²) in [7, 11) is 0. The van der Waals surface area contributed by atoms with E-state index in [9.17, 15) is 4.79 Å². The molecule has 0 N–H and O–H groups in total. The van der Waals surface area contributed by atoms with Crippen LogP contribution in [0.1, 0.15) is 27.2 Å². The Morgan fingerprint density at radius 2 is 1.85 bits per heavy atom. The Bertz CT molecular complexity index is 874. The summed E-state index contributed by atoms with van der Waals surface area (Å²) >= 11 is 12.2. The lowest BCUT2D eigenvalue weighted by atomic mass is 10.1. The van der Waals surface area contributed by atoms with Gasteiger partial charge in [0.05, 0.1) is 12.8 Å². The lowest BCUT2D eigenvalue weighted by Gasteiger charge is -2.22. The molecular weight excluding hydrogens is 369 g/mol. The molecule has 0 saturated carbocycles. The van der Waals surface area contributed by atoms with Crippen molar-refractivity contribution in [3.8, 4) is 0 Å². The maximum Gasteiger partial charge on any atom is 0.254 e. The van der Waals surface area contributed by atoms with E-state index in [1.54, 1.807) is 23.3 Å². The summed E-state index contributed by atoms with van der Waals surface area (Å²) in [5.74, 6) is 0.708. The van der Waals surface area contributed by atoms with Gasteiger partial charge in [0.25, 0.3) is 5.91 Å². The van der Waals surface area contributed by atoms with Crippen LogP contribution >= 0.6 is 23.2 Å². The van der Waals surface area contributed by atoms with E-state index in [0.717, 1.165) is 16.9 Å². The van der Waals surface area contributed by atoms with Crippen LogP contribution in [0, 0.1) is 6.92 Å². The lowest BCUT2D eigenvalue weighted by Crippen LogP contribution is -2.32. The zero-order valence-corrected chi connectivity index (χ0v) is 15.9. The number of amides is 1. The third kappa shape index (κ3) is 4.69. The van der Waals surface area contributed by atoms with Gasteiger partial charge in [0.2, 0.25) is 0 Å². The summed E-state index contributed by atoms with van der Waals surface area (Å²) in [6.45, 7) is 2.93. The summed E-state index contributed by atoms with van der Waals surface area (Å²) in [4.78, 5) is 14.7. The molecule has 0 atom stereocenters. The van der Waals surface area contributed by atoms with E-state index >= 15 is 0 Å². The average Bonchev–Trinajstić information content (AvgIpc) is 3.13. The molecule has 3 aromatic rings. The molecule has 134 valence electrons. The number of benzene rings is 2. The van der Waals surface area contributed by atoms with Gasteiger partial charge in [-0.2, -0.15) is 0 Å². The van der Waals surface area contributed by atoms with Crippen molar-refractivity contribution >= 4 is 29.1 Å². The molecule has 1 heterocycles. The van der Waals surface area contributed by atoms with Gasteiger partial charge in [-0.1, -0.05) is 47.0 Å². The number of hydrogen-bond acceptors (Lipinski definition) is 2. The molecule has 0 aliphatic rings. The minimum atomic E-state index is -0.0357. The first-order valence-electron chi connectivity index (χ1n) is 8.35. The SMILES string of the molecule is Cc1ccc(C(=O)N(CCc2ccc(Cl)cc2Cl)Cc2ccco2)cc1. The molecule has 3 nitrogen and oxygen atoms in total. The summed E-state index contributed by atoms with van der Waals surface area (Å²) < 4.78 is 5.42. The standard InChI is InChI=1S/C21H19Cl2NO2/c1-15-4-6-17(7-5-15)21(25)24(14-19-3-2-12-26-19)11-10-16-8-9-18(22)13-20(16)23/h2-9,12-13H,10-11,14H2,1H3. The topological polar surface area (TPSA) is 33.5 Å².